The SMILES string of the molecule is CCOC(=O)OCC(C)(C)OC(=O)O. The van der Waals surface area contributed by atoms with E-state index in [2.05, 4.69) is 14.2 Å². The number of carbonyl (C=O) groups excluding carboxylic acids is 1. The normalized spacial score (nSPS) is 10.5. The monoisotopic (exact) mass is 206 g/mol. The molecule has 0 aromatic heterocycles. The smallest absolute Gasteiger partial charge is 0.450 e. The summed E-state index contributed by atoms with van der Waals surface area (Å²) < 4.78 is 13.5. The summed E-state index contributed by atoms with van der Waals surface area (Å²) >= 11 is 0. The lowest BCUT2D eigenvalue weighted by Crippen LogP contribution is -2.34. The molecule has 0 saturated carbocycles. The Kier molecular flexibility index (Phi) is 4.76. The Bertz CT molecular complexity index is 210. The minimum Gasteiger partial charge on any atom is -0.450 e. The fourth-order valence-corrected chi connectivity index (χ4v) is 0.658. The van der Waals surface area contributed by atoms with Gasteiger partial charge in [-0.2, -0.15) is 0 Å². The fraction of sp³-hybridized carbons (Fsp3) is 0.750. The molecule has 0 fully saturated rings. The Morgan fingerprint density at radius 2 is 1.86 bits per heavy atom. The maximum atomic E-state index is 10.7. The predicted octanol–water partition coefficient (Wildman–Crippen LogP) is 1.63. The first-order valence-corrected chi connectivity index (χ1v) is 4.09. The Morgan fingerprint density at radius 1 is 1.29 bits per heavy atom. The molecule has 0 aromatic rings. The van der Waals surface area contributed by atoms with Gasteiger partial charge in [0.15, 0.2) is 0 Å². The van der Waals surface area contributed by atoms with Crippen molar-refractivity contribution >= 4 is 12.3 Å². The van der Waals surface area contributed by atoms with Gasteiger partial charge in [-0.25, -0.2) is 9.59 Å². The molecule has 0 amide bonds. The molecule has 14 heavy (non-hydrogen) atoms. The van der Waals surface area contributed by atoms with E-state index in [4.69, 9.17) is 5.11 Å². The van der Waals surface area contributed by atoms with Crippen molar-refractivity contribution in [3.63, 3.8) is 0 Å². The molecule has 0 atom stereocenters. The van der Waals surface area contributed by atoms with Crippen molar-refractivity contribution in [2.24, 2.45) is 0 Å². The first-order valence-electron chi connectivity index (χ1n) is 4.09. The summed E-state index contributed by atoms with van der Waals surface area (Å²) in [6.07, 6.45) is -2.25. The summed E-state index contributed by atoms with van der Waals surface area (Å²) in [7, 11) is 0. The summed E-state index contributed by atoms with van der Waals surface area (Å²) in [5, 5.41) is 8.32. The molecule has 6 heteroatoms. The second kappa shape index (κ2) is 5.31. The third-order valence-electron chi connectivity index (χ3n) is 1.16. The zero-order valence-electron chi connectivity index (χ0n) is 8.40. The lowest BCUT2D eigenvalue weighted by molar-refractivity contribution is -0.0463. The number of carbonyl (C=O) groups is 2. The molecule has 0 bridgehead atoms. The molecule has 0 radical (unpaired) electrons. The average Bonchev–Trinajstić information content (AvgIpc) is 1.99. The van der Waals surface area contributed by atoms with Gasteiger partial charge in [0.2, 0.25) is 0 Å². The minimum absolute atomic E-state index is 0.182. The van der Waals surface area contributed by atoms with Gasteiger partial charge >= 0.3 is 12.3 Å². The van der Waals surface area contributed by atoms with Gasteiger partial charge in [-0.05, 0) is 20.8 Å². The maximum absolute atomic E-state index is 10.7. The van der Waals surface area contributed by atoms with Gasteiger partial charge in [0.1, 0.15) is 12.2 Å². The molecule has 0 aliphatic rings. The minimum atomic E-state index is -1.41. The Hall–Kier alpha value is -1.46. The van der Waals surface area contributed by atoms with Crippen LogP contribution in [0.3, 0.4) is 0 Å². The van der Waals surface area contributed by atoms with Crippen molar-refractivity contribution in [1.29, 1.82) is 0 Å². The van der Waals surface area contributed by atoms with E-state index in [9.17, 15) is 9.59 Å². The van der Waals surface area contributed by atoms with E-state index in [1.807, 2.05) is 0 Å². The molecule has 6 nitrogen and oxygen atoms in total. The van der Waals surface area contributed by atoms with Crippen LogP contribution in [0.5, 0.6) is 0 Å². The average molecular weight is 206 g/mol. The molecular weight excluding hydrogens is 192 g/mol. The second-order valence-corrected chi connectivity index (χ2v) is 3.10. The van der Waals surface area contributed by atoms with Gasteiger partial charge in [0.05, 0.1) is 6.61 Å². The van der Waals surface area contributed by atoms with Crippen LogP contribution >= 0.6 is 0 Å². The Morgan fingerprint density at radius 3 is 2.29 bits per heavy atom. The standard InChI is InChI=1S/C8H14O6/c1-4-12-7(11)13-5-8(2,3)14-6(9)10/h4-5H2,1-3H3,(H,9,10). The maximum Gasteiger partial charge on any atom is 0.508 e. The van der Waals surface area contributed by atoms with Gasteiger partial charge in [-0.1, -0.05) is 0 Å². The quantitative estimate of drug-likeness (QED) is 0.704. The number of rotatable bonds is 4. The predicted molar refractivity (Wildman–Crippen MR) is 46.2 cm³/mol. The van der Waals surface area contributed by atoms with Gasteiger partial charge in [-0.3, -0.25) is 0 Å². The van der Waals surface area contributed by atoms with E-state index < -0.39 is 17.9 Å². The molecular formula is C8H14O6. The van der Waals surface area contributed by atoms with Crippen LogP contribution in [0.1, 0.15) is 20.8 Å². The van der Waals surface area contributed by atoms with Crippen LogP contribution in [0.2, 0.25) is 0 Å². The molecule has 0 unspecified atom stereocenters. The van der Waals surface area contributed by atoms with Crippen molar-refractivity contribution in [2.45, 2.75) is 26.4 Å². The second-order valence-electron chi connectivity index (χ2n) is 3.10. The zero-order chi connectivity index (χ0) is 11.2. The number of hydrogen-bond donors (Lipinski definition) is 1. The lowest BCUT2D eigenvalue weighted by atomic mass is 10.1. The van der Waals surface area contributed by atoms with Crippen molar-refractivity contribution in [2.75, 3.05) is 13.2 Å². The van der Waals surface area contributed by atoms with Crippen LogP contribution in [0.15, 0.2) is 0 Å². The van der Waals surface area contributed by atoms with Crippen LogP contribution in [-0.2, 0) is 14.2 Å². The highest BCUT2D eigenvalue weighted by Crippen LogP contribution is 2.10. The molecule has 0 heterocycles. The highest BCUT2D eigenvalue weighted by atomic mass is 16.7. The number of hydrogen-bond acceptors (Lipinski definition) is 5. The molecule has 0 aliphatic heterocycles. The first-order chi connectivity index (χ1) is 6.37. The molecule has 0 rings (SSSR count). The largest absolute Gasteiger partial charge is 0.508 e. The summed E-state index contributed by atoms with van der Waals surface area (Å²) in [6, 6.07) is 0. The van der Waals surface area contributed by atoms with Crippen molar-refractivity contribution in [1.82, 2.24) is 0 Å². The van der Waals surface area contributed by atoms with Gasteiger partial charge < -0.3 is 19.3 Å². The van der Waals surface area contributed by atoms with Crippen LogP contribution in [-0.4, -0.2) is 36.2 Å². The highest BCUT2D eigenvalue weighted by Gasteiger charge is 2.25. The lowest BCUT2D eigenvalue weighted by Gasteiger charge is -2.22. The fourth-order valence-electron chi connectivity index (χ4n) is 0.658. The van der Waals surface area contributed by atoms with E-state index >= 15 is 0 Å². The van der Waals surface area contributed by atoms with Crippen LogP contribution < -0.4 is 0 Å². The van der Waals surface area contributed by atoms with E-state index in [-0.39, 0.29) is 13.2 Å². The van der Waals surface area contributed by atoms with Gasteiger partial charge in [0, 0.05) is 0 Å². The van der Waals surface area contributed by atoms with Gasteiger partial charge in [-0.15, -0.1) is 0 Å². The number of carboxylic acid groups (broad SMARTS) is 1. The van der Waals surface area contributed by atoms with Crippen molar-refractivity contribution in [3.05, 3.63) is 0 Å². The summed E-state index contributed by atoms with van der Waals surface area (Å²) in [6.45, 7) is 4.64. The summed E-state index contributed by atoms with van der Waals surface area (Å²) in [5.74, 6) is 0. The van der Waals surface area contributed by atoms with E-state index in [0.717, 1.165) is 0 Å². The molecule has 0 aliphatic carbocycles. The van der Waals surface area contributed by atoms with E-state index in [0.29, 0.717) is 0 Å². The molecule has 0 spiro atoms. The van der Waals surface area contributed by atoms with E-state index in [1.54, 1.807) is 6.92 Å². The number of ether oxygens (including phenoxy) is 3. The Labute approximate surface area is 81.8 Å². The topological polar surface area (TPSA) is 82.1 Å². The third kappa shape index (κ3) is 6.10. The third-order valence-corrected chi connectivity index (χ3v) is 1.16. The van der Waals surface area contributed by atoms with Crippen molar-refractivity contribution < 1.29 is 28.9 Å². The van der Waals surface area contributed by atoms with Crippen LogP contribution in [0, 0.1) is 0 Å². The van der Waals surface area contributed by atoms with E-state index in [1.165, 1.54) is 13.8 Å². The van der Waals surface area contributed by atoms with Crippen LogP contribution in [0.4, 0.5) is 9.59 Å². The molecule has 82 valence electrons. The summed E-state index contributed by atoms with van der Waals surface area (Å²) in [5.41, 5.74) is -1.07. The molecule has 1 N–H and O–H groups in total. The molecule has 0 saturated heterocycles. The first kappa shape index (κ1) is 12.5. The Balaban J connectivity index is 3.86. The van der Waals surface area contributed by atoms with Crippen LogP contribution in [0.25, 0.3) is 0 Å². The van der Waals surface area contributed by atoms with Crippen molar-refractivity contribution in [3.8, 4) is 0 Å². The highest BCUT2D eigenvalue weighted by molar-refractivity contribution is 5.60. The summed E-state index contributed by atoms with van der Waals surface area (Å²) in [4.78, 5) is 20.9. The molecule has 0 aromatic carbocycles. The van der Waals surface area contributed by atoms with Gasteiger partial charge in [0.25, 0.3) is 0 Å². The zero-order valence-corrected chi connectivity index (χ0v) is 8.40.